The van der Waals surface area contributed by atoms with Crippen molar-refractivity contribution < 1.29 is 22.7 Å². The summed E-state index contributed by atoms with van der Waals surface area (Å²) in [5, 5.41) is 0. The Kier molecular flexibility index (Phi) is 2.72. The molecule has 7 nitrogen and oxygen atoms in total. The van der Waals surface area contributed by atoms with Crippen molar-refractivity contribution in [2.45, 2.75) is 11.3 Å². The summed E-state index contributed by atoms with van der Waals surface area (Å²) >= 11 is 0. The number of sulfonamides is 1. The Bertz CT molecular complexity index is 622. The SMILES string of the molecule is O=C1OC(=O)C2CN(S(=O)(=O)c3cc[nH]c3)CCC12. The summed E-state index contributed by atoms with van der Waals surface area (Å²) in [5.41, 5.74) is 0. The van der Waals surface area contributed by atoms with Gasteiger partial charge < -0.3 is 9.72 Å². The fourth-order valence-electron chi connectivity index (χ4n) is 2.53. The summed E-state index contributed by atoms with van der Waals surface area (Å²) in [6.07, 6.45) is 3.23. The molecule has 0 spiro atoms. The van der Waals surface area contributed by atoms with Crippen LogP contribution in [0, 0.1) is 11.8 Å². The van der Waals surface area contributed by atoms with E-state index in [-0.39, 0.29) is 18.0 Å². The molecular weight excluding hydrogens is 272 g/mol. The van der Waals surface area contributed by atoms with Crippen LogP contribution >= 0.6 is 0 Å². The minimum atomic E-state index is -3.62. The van der Waals surface area contributed by atoms with E-state index < -0.39 is 33.8 Å². The number of nitrogens with one attached hydrogen (secondary N) is 1. The molecule has 1 N–H and O–H groups in total. The fourth-order valence-corrected chi connectivity index (χ4v) is 3.99. The summed E-state index contributed by atoms with van der Waals surface area (Å²) in [6.45, 7) is 0.222. The predicted octanol–water partition coefficient (Wildman–Crippen LogP) is -0.275. The summed E-state index contributed by atoms with van der Waals surface area (Å²) in [5.74, 6) is -2.32. The first-order valence-corrected chi connectivity index (χ1v) is 7.32. The maximum absolute atomic E-state index is 12.3. The molecule has 0 radical (unpaired) electrons. The third-order valence-electron chi connectivity index (χ3n) is 3.59. The van der Waals surface area contributed by atoms with E-state index in [9.17, 15) is 18.0 Å². The lowest BCUT2D eigenvalue weighted by Crippen LogP contribution is -2.44. The number of aromatic nitrogens is 1. The van der Waals surface area contributed by atoms with Crippen molar-refractivity contribution in [3.05, 3.63) is 18.5 Å². The zero-order valence-corrected chi connectivity index (χ0v) is 10.7. The lowest BCUT2D eigenvalue weighted by molar-refractivity contribution is -0.153. The minimum Gasteiger partial charge on any atom is -0.393 e. The molecule has 2 aliphatic rings. The van der Waals surface area contributed by atoms with Crippen LogP contribution in [0.5, 0.6) is 0 Å². The summed E-state index contributed by atoms with van der Waals surface area (Å²) in [6, 6.07) is 1.46. The van der Waals surface area contributed by atoms with Crippen molar-refractivity contribution in [3.63, 3.8) is 0 Å². The monoisotopic (exact) mass is 284 g/mol. The van der Waals surface area contributed by atoms with E-state index in [1.165, 1.54) is 22.8 Å². The van der Waals surface area contributed by atoms with Crippen molar-refractivity contribution >= 4 is 22.0 Å². The van der Waals surface area contributed by atoms with Gasteiger partial charge in [0, 0.05) is 25.5 Å². The summed E-state index contributed by atoms with van der Waals surface area (Å²) < 4.78 is 30.4. The quantitative estimate of drug-likeness (QED) is 0.595. The second-order valence-corrected chi connectivity index (χ2v) is 6.59. The molecule has 102 valence electrons. The Morgan fingerprint density at radius 1 is 1.26 bits per heavy atom. The highest BCUT2D eigenvalue weighted by Crippen LogP contribution is 2.33. The molecule has 2 aliphatic heterocycles. The molecule has 0 bridgehead atoms. The van der Waals surface area contributed by atoms with Crippen molar-refractivity contribution in [1.29, 1.82) is 0 Å². The predicted molar refractivity (Wildman–Crippen MR) is 62.2 cm³/mol. The van der Waals surface area contributed by atoms with E-state index in [0.29, 0.717) is 6.42 Å². The second-order valence-electron chi connectivity index (χ2n) is 4.65. The molecule has 2 atom stereocenters. The molecule has 2 saturated heterocycles. The van der Waals surface area contributed by atoms with Crippen LogP contribution in [-0.4, -0.2) is 42.7 Å². The molecule has 3 rings (SSSR count). The van der Waals surface area contributed by atoms with Crippen LogP contribution in [0.2, 0.25) is 0 Å². The number of carbonyl (C=O) groups excluding carboxylic acids is 2. The lowest BCUT2D eigenvalue weighted by Gasteiger charge is -2.30. The van der Waals surface area contributed by atoms with Crippen LogP contribution in [0.3, 0.4) is 0 Å². The Hall–Kier alpha value is -1.67. The van der Waals surface area contributed by atoms with Gasteiger partial charge in [-0.15, -0.1) is 0 Å². The number of carbonyl (C=O) groups is 2. The van der Waals surface area contributed by atoms with E-state index in [1.807, 2.05) is 0 Å². The van der Waals surface area contributed by atoms with Gasteiger partial charge in [0.25, 0.3) is 0 Å². The molecule has 1 aromatic heterocycles. The maximum Gasteiger partial charge on any atom is 0.318 e. The van der Waals surface area contributed by atoms with Gasteiger partial charge in [0.1, 0.15) is 0 Å². The zero-order valence-electron chi connectivity index (χ0n) is 9.90. The van der Waals surface area contributed by atoms with Crippen LogP contribution in [0.15, 0.2) is 23.4 Å². The van der Waals surface area contributed by atoms with Gasteiger partial charge in [0.2, 0.25) is 10.0 Å². The molecule has 0 saturated carbocycles. The molecule has 0 amide bonds. The highest BCUT2D eigenvalue weighted by Gasteiger charge is 2.49. The third kappa shape index (κ3) is 1.87. The van der Waals surface area contributed by atoms with Crippen LogP contribution in [0.1, 0.15) is 6.42 Å². The number of esters is 2. The minimum absolute atomic E-state index is 0.00273. The number of hydrogen-bond acceptors (Lipinski definition) is 5. The summed E-state index contributed by atoms with van der Waals surface area (Å²) in [7, 11) is -3.62. The zero-order chi connectivity index (χ0) is 13.6. The maximum atomic E-state index is 12.3. The first kappa shape index (κ1) is 12.4. The Labute approximate surface area is 109 Å². The van der Waals surface area contributed by atoms with Crippen molar-refractivity contribution in [2.24, 2.45) is 11.8 Å². The van der Waals surface area contributed by atoms with E-state index in [2.05, 4.69) is 9.72 Å². The van der Waals surface area contributed by atoms with Crippen LogP contribution in [0.4, 0.5) is 0 Å². The molecule has 19 heavy (non-hydrogen) atoms. The molecule has 2 unspecified atom stereocenters. The first-order chi connectivity index (χ1) is 9.00. The molecule has 2 fully saturated rings. The highest BCUT2D eigenvalue weighted by molar-refractivity contribution is 7.89. The molecule has 1 aromatic rings. The molecule has 3 heterocycles. The van der Waals surface area contributed by atoms with E-state index >= 15 is 0 Å². The number of aromatic amines is 1. The largest absolute Gasteiger partial charge is 0.393 e. The molecule has 8 heteroatoms. The number of hydrogen-bond donors (Lipinski definition) is 1. The van der Waals surface area contributed by atoms with Crippen molar-refractivity contribution in [2.75, 3.05) is 13.1 Å². The van der Waals surface area contributed by atoms with Gasteiger partial charge in [0.05, 0.1) is 16.7 Å². The van der Waals surface area contributed by atoms with Gasteiger partial charge in [-0.25, -0.2) is 8.42 Å². The van der Waals surface area contributed by atoms with Crippen LogP contribution < -0.4 is 0 Å². The molecular formula is C11H12N2O5S. The van der Waals surface area contributed by atoms with Crippen LogP contribution in [0.25, 0.3) is 0 Å². The smallest absolute Gasteiger partial charge is 0.318 e. The normalized spacial score (nSPS) is 28.2. The van der Waals surface area contributed by atoms with E-state index in [4.69, 9.17) is 0 Å². The van der Waals surface area contributed by atoms with Gasteiger partial charge in [-0.2, -0.15) is 4.31 Å². The van der Waals surface area contributed by atoms with Crippen LogP contribution in [-0.2, 0) is 24.3 Å². The number of ether oxygens (including phenoxy) is 1. The second kappa shape index (κ2) is 4.17. The Morgan fingerprint density at radius 2 is 2.00 bits per heavy atom. The topological polar surface area (TPSA) is 96.5 Å². The number of cyclic esters (lactones) is 2. The lowest BCUT2D eigenvalue weighted by atomic mass is 9.89. The fraction of sp³-hybridized carbons (Fsp3) is 0.455. The van der Waals surface area contributed by atoms with Gasteiger partial charge in [-0.05, 0) is 12.5 Å². The third-order valence-corrected chi connectivity index (χ3v) is 5.45. The highest BCUT2D eigenvalue weighted by atomic mass is 32.2. The number of nitrogens with zero attached hydrogens (tertiary/aromatic N) is 1. The number of fused-ring (bicyclic) bond motifs is 1. The van der Waals surface area contributed by atoms with E-state index in [1.54, 1.807) is 0 Å². The van der Waals surface area contributed by atoms with Gasteiger partial charge >= 0.3 is 11.9 Å². The Balaban J connectivity index is 1.86. The standard InChI is InChI=1S/C11H12N2O5S/c14-10-8-2-4-13(6-9(8)11(15)18-10)19(16,17)7-1-3-12-5-7/h1,3,5,8-9,12H,2,4,6H2. The Morgan fingerprint density at radius 3 is 2.68 bits per heavy atom. The number of rotatable bonds is 2. The van der Waals surface area contributed by atoms with E-state index in [0.717, 1.165) is 0 Å². The number of H-pyrrole nitrogens is 1. The average molecular weight is 284 g/mol. The van der Waals surface area contributed by atoms with Crippen molar-refractivity contribution in [1.82, 2.24) is 9.29 Å². The molecule has 0 aromatic carbocycles. The summed E-state index contributed by atoms with van der Waals surface area (Å²) in [4.78, 5) is 25.7. The van der Waals surface area contributed by atoms with Gasteiger partial charge in [0.15, 0.2) is 0 Å². The average Bonchev–Trinajstić information content (AvgIpc) is 2.99. The van der Waals surface area contributed by atoms with Gasteiger partial charge in [-0.1, -0.05) is 0 Å². The van der Waals surface area contributed by atoms with Crippen molar-refractivity contribution in [3.8, 4) is 0 Å². The molecule has 0 aliphatic carbocycles. The van der Waals surface area contributed by atoms with Gasteiger partial charge in [-0.3, -0.25) is 9.59 Å². The first-order valence-electron chi connectivity index (χ1n) is 5.88. The number of piperidine rings is 1.